The molecule has 0 aliphatic carbocycles. The molecule has 6 heteroatoms. The number of para-hydroxylation sites is 2. The monoisotopic (exact) mass is 301 g/mol. The zero-order valence-electron chi connectivity index (χ0n) is 12.9. The van der Waals surface area contributed by atoms with Gasteiger partial charge in [-0.3, -0.25) is 9.78 Å². The predicted molar refractivity (Wildman–Crippen MR) is 82.3 cm³/mol. The van der Waals surface area contributed by atoms with Crippen molar-refractivity contribution in [3.63, 3.8) is 0 Å². The number of hydrogen-bond acceptors (Lipinski definition) is 5. The van der Waals surface area contributed by atoms with Crippen molar-refractivity contribution in [1.29, 1.82) is 0 Å². The lowest BCUT2D eigenvalue weighted by Gasteiger charge is -2.27. The van der Waals surface area contributed by atoms with Crippen LogP contribution in [0.3, 0.4) is 0 Å². The smallest absolute Gasteiger partial charge is 0.331 e. The third-order valence-corrected chi connectivity index (χ3v) is 3.46. The van der Waals surface area contributed by atoms with Crippen molar-refractivity contribution < 1.29 is 14.3 Å². The number of rotatable bonds is 5. The van der Waals surface area contributed by atoms with Crippen molar-refractivity contribution in [2.24, 2.45) is 0 Å². The summed E-state index contributed by atoms with van der Waals surface area (Å²) in [5.74, 6) is -0.920. The maximum absolute atomic E-state index is 12.4. The van der Waals surface area contributed by atoms with Crippen molar-refractivity contribution in [3.05, 3.63) is 36.2 Å². The van der Waals surface area contributed by atoms with Crippen LogP contribution in [0.1, 0.15) is 37.2 Å². The Bertz CT molecular complexity index is 702. The van der Waals surface area contributed by atoms with Crippen molar-refractivity contribution >= 4 is 22.9 Å². The third-order valence-electron chi connectivity index (χ3n) is 3.46. The van der Waals surface area contributed by atoms with Crippen molar-refractivity contribution in [2.75, 3.05) is 7.11 Å². The van der Waals surface area contributed by atoms with Crippen LogP contribution < -0.4 is 5.32 Å². The molecule has 6 nitrogen and oxygen atoms in total. The number of methoxy groups -OCH3 is 1. The highest BCUT2D eigenvalue weighted by Gasteiger charge is 2.35. The number of esters is 1. The van der Waals surface area contributed by atoms with Crippen LogP contribution in [-0.2, 0) is 9.53 Å². The molecule has 1 heterocycles. The summed E-state index contributed by atoms with van der Waals surface area (Å²) >= 11 is 0. The fourth-order valence-electron chi connectivity index (χ4n) is 2.32. The van der Waals surface area contributed by atoms with Gasteiger partial charge in [0.25, 0.3) is 5.91 Å². The average Bonchev–Trinajstić information content (AvgIpc) is 2.53. The van der Waals surface area contributed by atoms with Gasteiger partial charge in [-0.05, 0) is 25.5 Å². The number of nitrogens with zero attached hydrogens (tertiary/aromatic N) is 2. The second kappa shape index (κ2) is 6.51. The first-order valence-corrected chi connectivity index (χ1v) is 7.13. The second-order valence-corrected chi connectivity index (χ2v) is 5.27. The maximum Gasteiger partial charge on any atom is 0.331 e. The van der Waals surface area contributed by atoms with Gasteiger partial charge >= 0.3 is 5.97 Å². The molecule has 1 unspecified atom stereocenters. The van der Waals surface area contributed by atoms with Gasteiger partial charge in [0, 0.05) is 0 Å². The fourth-order valence-corrected chi connectivity index (χ4v) is 2.32. The Labute approximate surface area is 128 Å². The van der Waals surface area contributed by atoms with Crippen molar-refractivity contribution in [3.8, 4) is 0 Å². The Morgan fingerprint density at radius 2 is 1.95 bits per heavy atom. The molecule has 0 saturated heterocycles. The van der Waals surface area contributed by atoms with Gasteiger partial charge < -0.3 is 10.1 Å². The molecule has 0 bridgehead atoms. The number of aromatic nitrogens is 2. The van der Waals surface area contributed by atoms with Crippen LogP contribution in [-0.4, -0.2) is 34.5 Å². The maximum atomic E-state index is 12.4. The molecule has 1 amide bonds. The van der Waals surface area contributed by atoms with Crippen molar-refractivity contribution in [2.45, 2.75) is 32.2 Å². The zero-order chi connectivity index (χ0) is 16.2. The lowest BCUT2D eigenvalue weighted by molar-refractivity contribution is -0.147. The van der Waals surface area contributed by atoms with Crippen LogP contribution in [0.25, 0.3) is 11.0 Å². The highest BCUT2D eigenvalue weighted by molar-refractivity contribution is 5.97. The Kier molecular flexibility index (Phi) is 4.70. The number of hydrogen-bond donors (Lipinski definition) is 1. The molecule has 1 N–H and O–H groups in total. The second-order valence-electron chi connectivity index (χ2n) is 5.27. The van der Waals surface area contributed by atoms with Crippen molar-refractivity contribution in [1.82, 2.24) is 15.3 Å². The minimum absolute atomic E-state index is 0.171. The van der Waals surface area contributed by atoms with Crippen LogP contribution in [0.2, 0.25) is 0 Å². The lowest BCUT2D eigenvalue weighted by Crippen LogP contribution is -2.52. The molecule has 0 radical (unpaired) electrons. The van der Waals surface area contributed by atoms with Crippen LogP contribution >= 0.6 is 0 Å². The number of carbonyl (C=O) groups excluding carboxylic acids is 2. The van der Waals surface area contributed by atoms with E-state index in [1.165, 1.54) is 13.3 Å². The Hall–Kier alpha value is -2.50. The van der Waals surface area contributed by atoms with Gasteiger partial charge in [-0.25, -0.2) is 9.78 Å². The van der Waals surface area contributed by atoms with E-state index in [4.69, 9.17) is 4.74 Å². The molecule has 2 aromatic rings. The normalized spacial score (nSPS) is 13.4. The Morgan fingerprint density at radius 3 is 2.59 bits per heavy atom. The first-order chi connectivity index (χ1) is 10.5. The first-order valence-electron chi connectivity index (χ1n) is 7.13. The topological polar surface area (TPSA) is 81.2 Å². The van der Waals surface area contributed by atoms with Gasteiger partial charge in [-0.15, -0.1) is 0 Å². The third kappa shape index (κ3) is 3.21. The van der Waals surface area contributed by atoms with Crippen LogP contribution in [0.15, 0.2) is 30.5 Å². The van der Waals surface area contributed by atoms with Gasteiger partial charge in [-0.1, -0.05) is 25.5 Å². The molecule has 1 atom stereocenters. The van der Waals surface area contributed by atoms with Gasteiger partial charge in [-0.2, -0.15) is 0 Å². The summed E-state index contributed by atoms with van der Waals surface area (Å²) in [4.78, 5) is 32.8. The number of benzene rings is 1. The number of nitrogens with one attached hydrogen (secondary N) is 1. The summed E-state index contributed by atoms with van der Waals surface area (Å²) in [6, 6.07) is 7.28. The molecule has 0 aliphatic heterocycles. The van der Waals surface area contributed by atoms with Crippen LogP contribution in [0.5, 0.6) is 0 Å². The van der Waals surface area contributed by atoms with E-state index < -0.39 is 17.4 Å². The standard InChI is InChI=1S/C16H19N3O3/c1-4-9-16(2,15(21)22-3)19-14(20)13-10-17-11-7-5-6-8-12(11)18-13/h5-8,10H,4,9H2,1-3H3,(H,19,20). The number of fused-ring (bicyclic) bond motifs is 1. The minimum atomic E-state index is -1.08. The summed E-state index contributed by atoms with van der Waals surface area (Å²) in [6.07, 6.45) is 2.61. The molecule has 0 saturated carbocycles. The van der Waals surface area contributed by atoms with E-state index in [0.29, 0.717) is 17.5 Å². The average molecular weight is 301 g/mol. The summed E-state index contributed by atoms with van der Waals surface area (Å²) in [6.45, 7) is 3.58. The van der Waals surface area contributed by atoms with E-state index in [2.05, 4.69) is 15.3 Å². The molecule has 2 rings (SSSR count). The number of amides is 1. The molecule has 0 spiro atoms. The fraction of sp³-hybridized carbons (Fsp3) is 0.375. The minimum Gasteiger partial charge on any atom is -0.467 e. The summed E-state index contributed by atoms with van der Waals surface area (Å²) < 4.78 is 4.79. The summed E-state index contributed by atoms with van der Waals surface area (Å²) in [5, 5.41) is 2.71. The lowest BCUT2D eigenvalue weighted by atomic mass is 9.96. The van der Waals surface area contributed by atoms with Crippen LogP contribution in [0, 0.1) is 0 Å². The van der Waals surface area contributed by atoms with Gasteiger partial charge in [0.05, 0.1) is 24.3 Å². The van der Waals surface area contributed by atoms with E-state index in [1.54, 1.807) is 13.0 Å². The quantitative estimate of drug-likeness (QED) is 0.855. The highest BCUT2D eigenvalue weighted by Crippen LogP contribution is 2.16. The molecular formula is C16H19N3O3. The molecule has 0 fully saturated rings. The van der Waals surface area contributed by atoms with E-state index in [9.17, 15) is 9.59 Å². The number of ether oxygens (including phenoxy) is 1. The van der Waals surface area contributed by atoms with Gasteiger partial charge in [0.1, 0.15) is 11.2 Å². The molecule has 0 aliphatic rings. The molecule has 1 aromatic heterocycles. The van der Waals surface area contributed by atoms with Gasteiger partial charge in [0.15, 0.2) is 0 Å². The van der Waals surface area contributed by atoms with E-state index >= 15 is 0 Å². The summed E-state index contributed by atoms with van der Waals surface area (Å²) in [7, 11) is 1.30. The SMILES string of the molecule is CCCC(C)(NC(=O)c1cnc2ccccc2n1)C(=O)OC. The Balaban J connectivity index is 2.26. The van der Waals surface area contributed by atoms with Crippen LogP contribution in [0.4, 0.5) is 0 Å². The van der Waals surface area contributed by atoms with Gasteiger partial charge in [0.2, 0.25) is 0 Å². The van der Waals surface area contributed by atoms with E-state index in [0.717, 1.165) is 6.42 Å². The largest absolute Gasteiger partial charge is 0.467 e. The number of carbonyl (C=O) groups is 2. The molecule has 1 aromatic carbocycles. The predicted octanol–water partition coefficient (Wildman–Crippen LogP) is 2.09. The molecule has 22 heavy (non-hydrogen) atoms. The first kappa shape index (κ1) is 15.9. The highest BCUT2D eigenvalue weighted by atomic mass is 16.5. The zero-order valence-corrected chi connectivity index (χ0v) is 12.9. The van der Waals surface area contributed by atoms with E-state index in [-0.39, 0.29) is 5.69 Å². The van der Waals surface area contributed by atoms with E-state index in [1.807, 2.05) is 25.1 Å². The Morgan fingerprint density at radius 1 is 1.27 bits per heavy atom. The molecule has 116 valence electrons. The molecular weight excluding hydrogens is 282 g/mol. The summed E-state index contributed by atoms with van der Waals surface area (Å²) in [5.41, 5.74) is 0.437.